The molecule has 10 heavy (non-hydrogen) atoms. The van der Waals surface area contributed by atoms with E-state index in [9.17, 15) is 0 Å². The summed E-state index contributed by atoms with van der Waals surface area (Å²) in [5, 5.41) is 7.91. The molecule has 0 aromatic carbocycles. The third-order valence-corrected chi connectivity index (χ3v) is 2.34. The van der Waals surface area contributed by atoms with Gasteiger partial charge in [0, 0.05) is 0 Å². The molecule has 0 N–H and O–H groups in total. The van der Waals surface area contributed by atoms with Crippen molar-refractivity contribution in [3.63, 3.8) is 0 Å². The van der Waals surface area contributed by atoms with Crippen molar-refractivity contribution in [1.82, 2.24) is 13.2 Å². The Labute approximate surface area is 74.3 Å². The summed E-state index contributed by atoms with van der Waals surface area (Å²) >= 11 is 2.12. The molecule has 0 spiro atoms. The van der Waals surface area contributed by atoms with E-state index in [0.29, 0.717) is 5.92 Å². The molecular formula is C6H10IN3. The van der Waals surface area contributed by atoms with Gasteiger partial charge in [0.1, 0.15) is 0 Å². The van der Waals surface area contributed by atoms with Crippen LogP contribution in [-0.4, -0.2) is 13.2 Å². The van der Waals surface area contributed by atoms with Crippen molar-refractivity contribution in [2.75, 3.05) is 0 Å². The monoisotopic (exact) mass is 251 g/mol. The Kier molecular flexibility index (Phi) is 2.28. The summed E-state index contributed by atoms with van der Waals surface area (Å²) in [5.74, 6) is 0.475. The molecule has 0 aliphatic carbocycles. The predicted octanol–water partition coefficient (Wildman–Crippen LogP) is 1.91. The molecule has 3 nitrogen and oxygen atoms in total. The van der Waals surface area contributed by atoms with E-state index in [1.165, 1.54) is 0 Å². The normalized spacial score (nSPS) is 10.9. The molecule has 0 atom stereocenters. The van der Waals surface area contributed by atoms with E-state index in [0.717, 1.165) is 11.4 Å². The van der Waals surface area contributed by atoms with E-state index in [-0.39, 0.29) is 0 Å². The summed E-state index contributed by atoms with van der Waals surface area (Å²) < 4.78 is 1.77. The van der Waals surface area contributed by atoms with E-state index in [1.807, 2.05) is 6.92 Å². The van der Waals surface area contributed by atoms with Gasteiger partial charge in [0.25, 0.3) is 0 Å². The van der Waals surface area contributed by atoms with Gasteiger partial charge in [0.15, 0.2) is 0 Å². The number of nitrogens with zero attached hydrogens (tertiary/aromatic N) is 3. The van der Waals surface area contributed by atoms with E-state index < -0.39 is 0 Å². The first-order chi connectivity index (χ1) is 4.63. The summed E-state index contributed by atoms with van der Waals surface area (Å²) in [5.41, 5.74) is 2.24. The van der Waals surface area contributed by atoms with Crippen LogP contribution in [-0.2, 0) is 0 Å². The second kappa shape index (κ2) is 2.86. The van der Waals surface area contributed by atoms with E-state index in [2.05, 4.69) is 47.0 Å². The summed E-state index contributed by atoms with van der Waals surface area (Å²) in [4.78, 5) is 0. The van der Waals surface area contributed by atoms with Crippen molar-refractivity contribution in [2.45, 2.75) is 26.7 Å². The zero-order valence-electron chi connectivity index (χ0n) is 6.30. The van der Waals surface area contributed by atoms with Crippen molar-refractivity contribution < 1.29 is 0 Å². The van der Waals surface area contributed by atoms with Gasteiger partial charge < -0.3 is 0 Å². The molecule has 0 aliphatic heterocycles. The maximum atomic E-state index is 4.02. The van der Waals surface area contributed by atoms with Crippen LogP contribution in [0.25, 0.3) is 0 Å². The number of hydrogen-bond donors (Lipinski definition) is 0. The van der Waals surface area contributed by atoms with Gasteiger partial charge >= 0.3 is 0 Å². The molecule has 0 bridgehead atoms. The summed E-state index contributed by atoms with van der Waals surface area (Å²) in [6, 6.07) is 0. The standard InChI is InChI=1S/C6H10IN3/c1-4(2)6-5(3)10(7)9-8-6/h4H,1-3H3. The van der Waals surface area contributed by atoms with Crippen LogP contribution in [0, 0.1) is 6.92 Å². The number of halogens is 1. The molecule has 0 fully saturated rings. The Bertz CT molecular complexity index is 229. The molecule has 0 saturated heterocycles. The highest BCUT2D eigenvalue weighted by Crippen LogP contribution is 2.15. The lowest BCUT2D eigenvalue weighted by Gasteiger charge is -1.98. The lowest BCUT2D eigenvalue weighted by molar-refractivity contribution is 0.800. The number of rotatable bonds is 1. The lowest BCUT2D eigenvalue weighted by Crippen LogP contribution is -1.91. The lowest BCUT2D eigenvalue weighted by atomic mass is 10.1. The Morgan fingerprint density at radius 2 is 2.10 bits per heavy atom. The van der Waals surface area contributed by atoms with Crippen LogP contribution >= 0.6 is 22.9 Å². The Morgan fingerprint density at radius 3 is 2.30 bits per heavy atom. The molecule has 0 aliphatic rings. The van der Waals surface area contributed by atoms with Crippen LogP contribution in [0.1, 0.15) is 31.2 Å². The van der Waals surface area contributed by atoms with Gasteiger partial charge in [-0.1, -0.05) is 19.1 Å². The first kappa shape index (κ1) is 7.97. The maximum absolute atomic E-state index is 4.02. The van der Waals surface area contributed by atoms with E-state index in [4.69, 9.17) is 0 Å². The molecule has 0 amide bonds. The minimum Gasteiger partial charge on any atom is -0.188 e. The Hall–Kier alpha value is -0.130. The molecule has 1 rings (SSSR count). The highest BCUT2D eigenvalue weighted by Gasteiger charge is 2.09. The molecule has 0 radical (unpaired) electrons. The van der Waals surface area contributed by atoms with Crippen LogP contribution in [0.4, 0.5) is 0 Å². The van der Waals surface area contributed by atoms with Gasteiger partial charge in [-0.05, 0) is 12.8 Å². The van der Waals surface area contributed by atoms with Crippen LogP contribution < -0.4 is 0 Å². The van der Waals surface area contributed by atoms with Crippen LogP contribution in [0.15, 0.2) is 0 Å². The highest BCUT2D eigenvalue weighted by molar-refractivity contribution is 14.1. The first-order valence-electron chi connectivity index (χ1n) is 3.21. The molecule has 0 unspecified atom stereocenters. The second-order valence-corrected chi connectivity index (χ2v) is 3.49. The zero-order valence-corrected chi connectivity index (χ0v) is 8.45. The molecule has 56 valence electrons. The van der Waals surface area contributed by atoms with Crippen LogP contribution in [0.3, 0.4) is 0 Å². The average molecular weight is 251 g/mol. The quantitative estimate of drug-likeness (QED) is 0.714. The summed E-state index contributed by atoms with van der Waals surface area (Å²) in [7, 11) is 0. The van der Waals surface area contributed by atoms with Gasteiger partial charge in [-0.2, -0.15) is 2.90 Å². The number of hydrogen-bond acceptors (Lipinski definition) is 2. The minimum atomic E-state index is 0.475. The topological polar surface area (TPSA) is 30.7 Å². The second-order valence-electron chi connectivity index (χ2n) is 2.57. The SMILES string of the molecule is Cc1c(C(C)C)nnn1I. The van der Waals surface area contributed by atoms with Crippen molar-refractivity contribution in [3.05, 3.63) is 11.4 Å². The van der Waals surface area contributed by atoms with Gasteiger partial charge in [-0.25, -0.2) is 0 Å². The Balaban J connectivity index is 3.05. The first-order valence-corrected chi connectivity index (χ1v) is 4.17. The van der Waals surface area contributed by atoms with Gasteiger partial charge in [0.05, 0.1) is 34.3 Å². The predicted molar refractivity (Wildman–Crippen MR) is 48.3 cm³/mol. The van der Waals surface area contributed by atoms with Gasteiger partial charge in [0.2, 0.25) is 0 Å². The third-order valence-electron chi connectivity index (χ3n) is 1.43. The fourth-order valence-corrected chi connectivity index (χ4v) is 1.20. The zero-order chi connectivity index (χ0) is 7.72. The third kappa shape index (κ3) is 1.31. The molecule has 4 heteroatoms. The van der Waals surface area contributed by atoms with Crippen LogP contribution in [0.5, 0.6) is 0 Å². The number of aromatic nitrogens is 3. The highest BCUT2D eigenvalue weighted by atomic mass is 127. The molecule has 1 heterocycles. The summed E-state index contributed by atoms with van der Waals surface area (Å²) in [6.07, 6.45) is 0. The average Bonchev–Trinajstić information content (AvgIpc) is 2.14. The fourth-order valence-electron chi connectivity index (χ4n) is 0.855. The van der Waals surface area contributed by atoms with Crippen LogP contribution in [0.2, 0.25) is 0 Å². The smallest absolute Gasteiger partial charge is 0.0890 e. The van der Waals surface area contributed by atoms with E-state index in [1.54, 1.807) is 2.90 Å². The minimum absolute atomic E-state index is 0.475. The fraction of sp³-hybridized carbons (Fsp3) is 0.667. The van der Waals surface area contributed by atoms with Gasteiger partial charge in [-0.15, -0.1) is 5.10 Å². The molecule has 1 aromatic heterocycles. The van der Waals surface area contributed by atoms with Crippen molar-refractivity contribution in [1.29, 1.82) is 0 Å². The molecule has 0 saturated carbocycles. The van der Waals surface area contributed by atoms with Gasteiger partial charge in [-0.3, -0.25) is 0 Å². The van der Waals surface area contributed by atoms with Crippen molar-refractivity contribution in [3.8, 4) is 0 Å². The molecule has 1 aromatic rings. The Morgan fingerprint density at radius 1 is 1.50 bits per heavy atom. The largest absolute Gasteiger partial charge is 0.188 e. The van der Waals surface area contributed by atoms with E-state index >= 15 is 0 Å². The van der Waals surface area contributed by atoms with Crippen molar-refractivity contribution in [2.24, 2.45) is 0 Å². The summed E-state index contributed by atoms with van der Waals surface area (Å²) in [6.45, 7) is 6.27. The molecular weight excluding hydrogens is 241 g/mol. The maximum Gasteiger partial charge on any atom is 0.0890 e. The van der Waals surface area contributed by atoms with Crippen molar-refractivity contribution >= 4 is 22.9 Å².